The minimum Gasteiger partial charge on any atom is -0.475 e. The van der Waals surface area contributed by atoms with E-state index in [0.717, 1.165) is 10.4 Å². The van der Waals surface area contributed by atoms with Crippen molar-refractivity contribution in [2.45, 2.75) is 12.7 Å². The molecular formula is C16H12F3N3O3S. The molecule has 2 aromatic heterocycles. The number of nitrogens with two attached hydrogens (primary N) is 1. The molecule has 1 aromatic carbocycles. The standard InChI is InChI=1S/C14H11N3OS.C2HF3O2/c15-8-9-4-3-6-11(16-9)14-17-13(18)10-5-1-2-7-12(10)19-14;3-2(4,5)1(6)7/h1-7H,8,15H2;(H,6,7). The van der Waals surface area contributed by atoms with Crippen LogP contribution in [0.5, 0.6) is 0 Å². The number of aliphatic carboxylic acids is 1. The predicted molar refractivity (Wildman–Crippen MR) is 90.7 cm³/mol. The number of hydrogen-bond donors (Lipinski definition) is 2. The number of hydrogen-bond acceptors (Lipinski definition) is 6. The van der Waals surface area contributed by atoms with Crippen LogP contribution in [0.3, 0.4) is 0 Å². The van der Waals surface area contributed by atoms with Crippen molar-refractivity contribution in [1.82, 2.24) is 9.97 Å². The lowest BCUT2D eigenvalue weighted by Gasteiger charge is -2.02. The van der Waals surface area contributed by atoms with E-state index in [1.165, 1.54) is 11.3 Å². The summed E-state index contributed by atoms with van der Waals surface area (Å²) in [6.45, 7) is 0.371. The van der Waals surface area contributed by atoms with Crippen LogP contribution in [0, 0.1) is 0 Å². The van der Waals surface area contributed by atoms with E-state index in [0.29, 0.717) is 22.6 Å². The van der Waals surface area contributed by atoms with Gasteiger partial charge in [0.25, 0.3) is 5.56 Å². The van der Waals surface area contributed by atoms with Crippen LogP contribution in [0.4, 0.5) is 13.2 Å². The van der Waals surface area contributed by atoms with Crippen LogP contribution in [-0.2, 0) is 11.3 Å². The maximum atomic E-state index is 12.0. The first kappa shape index (κ1) is 19.5. The molecular weight excluding hydrogens is 371 g/mol. The van der Waals surface area contributed by atoms with E-state index >= 15 is 0 Å². The molecule has 6 nitrogen and oxygen atoms in total. The molecule has 0 aliphatic carbocycles. The van der Waals surface area contributed by atoms with Crippen molar-refractivity contribution in [3.8, 4) is 10.7 Å². The zero-order valence-electron chi connectivity index (χ0n) is 13.0. The van der Waals surface area contributed by atoms with Gasteiger partial charge in [-0.25, -0.2) is 9.78 Å². The normalized spacial score (nSPS) is 10.9. The van der Waals surface area contributed by atoms with Gasteiger partial charge in [0.15, 0.2) is 0 Å². The van der Waals surface area contributed by atoms with Gasteiger partial charge in [-0.1, -0.05) is 18.2 Å². The highest BCUT2D eigenvalue weighted by Crippen LogP contribution is 2.24. The van der Waals surface area contributed by atoms with Crippen molar-refractivity contribution >= 4 is 27.4 Å². The Morgan fingerprint density at radius 1 is 1.12 bits per heavy atom. The monoisotopic (exact) mass is 383 g/mol. The van der Waals surface area contributed by atoms with Crippen LogP contribution in [0.15, 0.2) is 47.3 Å². The third kappa shape index (κ3) is 4.83. The molecule has 136 valence electrons. The lowest BCUT2D eigenvalue weighted by atomic mass is 10.3. The first-order valence-electron chi connectivity index (χ1n) is 7.08. The highest BCUT2D eigenvalue weighted by Gasteiger charge is 2.38. The van der Waals surface area contributed by atoms with Crippen molar-refractivity contribution in [2.75, 3.05) is 0 Å². The second-order valence-electron chi connectivity index (χ2n) is 4.84. The van der Waals surface area contributed by atoms with Gasteiger partial charge in [0.05, 0.1) is 16.8 Å². The van der Waals surface area contributed by atoms with E-state index in [-0.39, 0.29) is 5.56 Å². The number of aromatic nitrogens is 2. The molecule has 3 aromatic rings. The molecule has 0 unspecified atom stereocenters. The van der Waals surface area contributed by atoms with Gasteiger partial charge >= 0.3 is 12.1 Å². The average molecular weight is 383 g/mol. The first-order valence-corrected chi connectivity index (χ1v) is 7.90. The summed E-state index contributed by atoms with van der Waals surface area (Å²) in [6.07, 6.45) is -5.08. The Morgan fingerprint density at radius 2 is 1.77 bits per heavy atom. The number of benzene rings is 1. The van der Waals surface area contributed by atoms with Crippen LogP contribution in [0.1, 0.15) is 5.69 Å². The van der Waals surface area contributed by atoms with Gasteiger partial charge in [-0.2, -0.15) is 18.2 Å². The number of nitrogens with zero attached hydrogens (tertiary/aromatic N) is 2. The Bertz CT molecular complexity index is 989. The van der Waals surface area contributed by atoms with Crippen LogP contribution in [0.2, 0.25) is 0 Å². The largest absolute Gasteiger partial charge is 0.490 e. The van der Waals surface area contributed by atoms with E-state index < -0.39 is 12.1 Å². The number of fused-ring (bicyclic) bond motifs is 1. The van der Waals surface area contributed by atoms with Crippen molar-refractivity contribution < 1.29 is 23.1 Å². The maximum absolute atomic E-state index is 12.0. The van der Waals surface area contributed by atoms with E-state index in [1.807, 2.05) is 36.4 Å². The Balaban J connectivity index is 0.000000298. The van der Waals surface area contributed by atoms with Crippen molar-refractivity contribution in [1.29, 1.82) is 0 Å². The average Bonchev–Trinajstić information content (AvgIpc) is 2.61. The molecule has 3 rings (SSSR count). The second kappa shape index (κ2) is 8.02. The summed E-state index contributed by atoms with van der Waals surface area (Å²) in [5, 5.41) is 8.39. The minimum atomic E-state index is -5.08. The van der Waals surface area contributed by atoms with Crippen LogP contribution in [0.25, 0.3) is 20.8 Å². The summed E-state index contributed by atoms with van der Waals surface area (Å²) in [4.78, 5) is 29.4. The van der Waals surface area contributed by atoms with Crippen LogP contribution in [-0.4, -0.2) is 27.2 Å². The molecule has 0 aliphatic heterocycles. The molecule has 0 radical (unpaired) electrons. The lowest BCUT2D eigenvalue weighted by molar-refractivity contribution is -0.192. The molecule has 26 heavy (non-hydrogen) atoms. The quantitative estimate of drug-likeness (QED) is 0.705. The molecule has 10 heteroatoms. The Labute approximate surface area is 148 Å². The second-order valence-corrected chi connectivity index (χ2v) is 5.87. The van der Waals surface area contributed by atoms with Gasteiger partial charge in [-0.3, -0.25) is 4.79 Å². The van der Waals surface area contributed by atoms with Gasteiger partial charge in [0.1, 0.15) is 5.01 Å². The molecule has 2 heterocycles. The van der Waals surface area contributed by atoms with Crippen LogP contribution < -0.4 is 11.3 Å². The van der Waals surface area contributed by atoms with Gasteiger partial charge in [-0.15, -0.1) is 11.3 Å². The van der Waals surface area contributed by atoms with Gasteiger partial charge < -0.3 is 10.8 Å². The van der Waals surface area contributed by atoms with Gasteiger partial charge in [0, 0.05) is 11.2 Å². The number of carboxylic acids is 1. The summed E-state index contributed by atoms with van der Waals surface area (Å²) < 4.78 is 32.7. The number of carboxylic acid groups (broad SMARTS) is 1. The summed E-state index contributed by atoms with van der Waals surface area (Å²) >= 11 is 1.46. The number of pyridine rings is 1. The number of rotatable bonds is 2. The summed E-state index contributed by atoms with van der Waals surface area (Å²) in [5.74, 6) is -2.76. The van der Waals surface area contributed by atoms with Gasteiger partial charge in [0.2, 0.25) is 0 Å². The van der Waals surface area contributed by atoms with Crippen molar-refractivity contribution in [3.63, 3.8) is 0 Å². The SMILES string of the molecule is NCc1cccc(-c2nc(=O)c3ccccc3s2)n1.O=C(O)C(F)(F)F. The summed E-state index contributed by atoms with van der Waals surface area (Å²) in [6, 6.07) is 13.0. The Morgan fingerprint density at radius 3 is 2.38 bits per heavy atom. The fourth-order valence-electron chi connectivity index (χ4n) is 1.83. The van der Waals surface area contributed by atoms with Crippen LogP contribution >= 0.6 is 11.3 Å². The molecule has 0 amide bonds. The zero-order chi connectivity index (χ0) is 19.3. The zero-order valence-corrected chi connectivity index (χ0v) is 13.8. The molecule has 0 fully saturated rings. The molecule has 0 atom stereocenters. The fraction of sp³-hybridized carbons (Fsp3) is 0.125. The molecule has 0 aliphatic rings. The highest BCUT2D eigenvalue weighted by molar-refractivity contribution is 7.21. The number of carbonyl (C=O) groups is 1. The highest BCUT2D eigenvalue weighted by atomic mass is 32.1. The lowest BCUT2D eigenvalue weighted by Crippen LogP contribution is -2.21. The van der Waals surface area contributed by atoms with E-state index in [4.69, 9.17) is 15.6 Å². The topological polar surface area (TPSA) is 106 Å². The fourth-order valence-corrected chi connectivity index (χ4v) is 2.80. The van der Waals surface area contributed by atoms with E-state index in [2.05, 4.69) is 9.97 Å². The number of alkyl halides is 3. The molecule has 0 bridgehead atoms. The van der Waals surface area contributed by atoms with Crippen molar-refractivity contribution in [3.05, 3.63) is 58.5 Å². The van der Waals surface area contributed by atoms with E-state index in [9.17, 15) is 18.0 Å². The maximum Gasteiger partial charge on any atom is 0.490 e. The summed E-state index contributed by atoms with van der Waals surface area (Å²) in [5.41, 5.74) is 6.83. The molecule has 0 saturated carbocycles. The minimum absolute atomic E-state index is 0.218. The number of halogens is 3. The van der Waals surface area contributed by atoms with E-state index in [1.54, 1.807) is 6.07 Å². The van der Waals surface area contributed by atoms with Gasteiger partial charge in [-0.05, 0) is 24.3 Å². The summed E-state index contributed by atoms with van der Waals surface area (Å²) in [7, 11) is 0. The van der Waals surface area contributed by atoms with Crippen molar-refractivity contribution in [2.24, 2.45) is 5.73 Å². The smallest absolute Gasteiger partial charge is 0.475 e. The Hall–Kier alpha value is -2.85. The molecule has 3 N–H and O–H groups in total. The predicted octanol–water partition coefficient (Wildman–Crippen LogP) is 2.81. The third-order valence-corrected chi connectivity index (χ3v) is 4.07. The Kier molecular flexibility index (Phi) is 6.01. The third-order valence-electron chi connectivity index (χ3n) is 3.00. The first-order chi connectivity index (χ1) is 12.2. The molecule has 0 saturated heterocycles. The molecule has 0 spiro atoms.